The Balaban J connectivity index is 1.40. The maximum atomic E-state index is 10.6. The monoisotopic (exact) mass is 445 g/mol. The van der Waals surface area contributed by atoms with E-state index in [1.54, 1.807) is 18.6 Å². The van der Waals surface area contributed by atoms with Gasteiger partial charge < -0.3 is 14.8 Å². The van der Waals surface area contributed by atoms with E-state index in [9.17, 15) is 5.11 Å². The first-order valence-electron chi connectivity index (χ1n) is 11.1. The van der Waals surface area contributed by atoms with Crippen LogP contribution in [0.1, 0.15) is 18.1 Å². The molecule has 2 N–H and O–H groups in total. The lowest BCUT2D eigenvalue weighted by molar-refractivity contribution is 0.0360. The SMILES string of the molecule is CC(=Nc1cnn(CCN2CCOCC2)c1)c1c(O)[nH]c2cnc(-c3cnccc3C)cc12. The minimum Gasteiger partial charge on any atom is -0.494 e. The topological polar surface area (TPSA) is 104 Å². The highest BCUT2D eigenvalue weighted by Gasteiger charge is 2.16. The summed E-state index contributed by atoms with van der Waals surface area (Å²) in [7, 11) is 0. The van der Waals surface area contributed by atoms with Gasteiger partial charge in [0.1, 0.15) is 5.69 Å². The fraction of sp³-hybridized carbons (Fsp3) is 0.333. The minimum absolute atomic E-state index is 0.0767. The van der Waals surface area contributed by atoms with Crippen LogP contribution in [0.4, 0.5) is 5.69 Å². The smallest absolute Gasteiger partial charge is 0.198 e. The second-order valence-electron chi connectivity index (χ2n) is 8.27. The van der Waals surface area contributed by atoms with Crippen LogP contribution >= 0.6 is 0 Å². The van der Waals surface area contributed by atoms with Gasteiger partial charge in [-0.3, -0.25) is 19.5 Å². The van der Waals surface area contributed by atoms with E-state index in [2.05, 4.69) is 25.0 Å². The molecule has 0 radical (unpaired) electrons. The molecule has 1 aliphatic heterocycles. The molecule has 1 saturated heterocycles. The molecule has 0 aromatic carbocycles. The van der Waals surface area contributed by atoms with Gasteiger partial charge in [0.25, 0.3) is 0 Å². The van der Waals surface area contributed by atoms with Crippen molar-refractivity contribution in [2.24, 2.45) is 4.99 Å². The lowest BCUT2D eigenvalue weighted by Gasteiger charge is -2.26. The van der Waals surface area contributed by atoms with Crippen LogP contribution in [0.5, 0.6) is 5.88 Å². The first-order valence-corrected chi connectivity index (χ1v) is 11.1. The summed E-state index contributed by atoms with van der Waals surface area (Å²) in [5, 5.41) is 15.9. The largest absolute Gasteiger partial charge is 0.494 e. The normalized spacial score (nSPS) is 15.4. The van der Waals surface area contributed by atoms with Gasteiger partial charge in [0.2, 0.25) is 0 Å². The van der Waals surface area contributed by atoms with Gasteiger partial charge in [-0.1, -0.05) is 0 Å². The Bertz CT molecular complexity index is 1300. The van der Waals surface area contributed by atoms with E-state index < -0.39 is 0 Å². The van der Waals surface area contributed by atoms with E-state index in [4.69, 9.17) is 9.73 Å². The van der Waals surface area contributed by atoms with Gasteiger partial charge in [-0.15, -0.1) is 0 Å². The third-order valence-corrected chi connectivity index (χ3v) is 6.01. The van der Waals surface area contributed by atoms with Crippen LogP contribution in [-0.2, 0) is 11.3 Å². The number of ether oxygens (including phenoxy) is 1. The van der Waals surface area contributed by atoms with Gasteiger partial charge in [-0.05, 0) is 31.5 Å². The molecule has 5 rings (SSSR count). The number of aliphatic imine (C=N–C) groups is 1. The van der Waals surface area contributed by atoms with Crippen LogP contribution in [0.3, 0.4) is 0 Å². The molecule has 170 valence electrons. The van der Waals surface area contributed by atoms with Gasteiger partial charge in [-0.25, -0.2) is 4.99 Å². The number of pyridine rings is 2. The van der Waals surface area contributed by atoms with Gasteiger partial charge in [0, 0.05) is 43.0 Å². The van der Waals surface area contributed by atoms with Crippen molar-refractivity contribution in [3.63, 3.8) is 0 Å². The number of nitrogens with zero attached hydrogens (tertiary/aromatic N) is 6. The molecule has 0 amide bonds. The quantitative estimate of drug-likeness (QED) is 0.441. The van der Waals surface area contributed by atoms with E-state index in [1.165, 1.54) is 0 Å². The predicted molar refractivity (Wildman–Crippen MR) is 127 cm³/mol. The average Bonchev–Trinajstić information content (AvgIpc) is 3.41. The van der Waals surface area contributed by atoms with E-state index in [0.29, 0.717) is 11.3 Å². The zero-order chi connectivity index (χ0) is 22.8. The Kier molecular flexibility index (Phi) is 5.89. The summed E-state index contributed by atoms with van der Waals surface area (Å²) in [6, 6.07) is 3.93. The molecule has 1 aliphatic rings. The lowest BCUT2D eigenvalue weighted by atomic mass is 10.0. The van der Waals surface area contributed by atoms with Crippen LogP contribution in [-0.4, -0.2) is 73.3 Å². The summed E-state index contributed by atoms with van der Waals surface area (Å²) in [6.45, 7) is 9.15. The Morgan fingerprint density at radius 2 is 2.06 bits per heavy atom. The van der Waals surface area contributed by atoms with Crippen LogP contribution in [0.15, 0.2) is 48.1 Å². The van der Waals surface area contributed by atoms with E-state index >= 15 is 0 Å². The Morgan fingerprint density at radius 1 is 1.21 bits per heavy atom. The third-order valence-electron chi connectivity index (χ3n) is 6.01. The molecule has 4 aromatic heterocycles. The molecule has 0 unspecified atom stereocenters. The summed E-state index contributed by atoms with van der Waals surface area (Å²) < 4.78 is 7.31. The molecule has 0 aliphatic carbocycles. The lowest BCUT2D eigenvalue weighted by Crippen LogP contribution is -2.38. The second kappa shape index (κ2) is 9.13. The summed E-state index contributed by atoms with van der Waals surface area (Å²) >= 11 is 0. The Hall–Kier alpha value is -3.56. The molecule has 9 heteroatoms. The highest BCUT2D eigenvalue weighted by molar-refractivity contribution is 6.13. The van der Waals surface area contributed by atoms with Gasteiger partial charge in [0.15, 0.2) is 5.88 Å². The standard InChI is InChI=1S/C24H27N7O2/c1-16-3-4-25-13-20(16)21-11-19-22(14-26-21)29-24(32)23(19)17(2)28-18-12-27-31(15-18)6-5-30-7-9-33-10-8-30/h3-4,11-15,29,32H,5-10H2,1-2H3. The highest BCUT2D eigenvalue weighted by atomic mass is 16.5. The number of hydrogen-bond acceptors (Lipinski definition) is 7. The Morgan fingerprint density at radius 3 is 2.88 bits per heavy atom. The zero-order valence-electron chi connectivity index (χ0n) is 18.8. The summed E-state index contributed by atoms with van der Waals surface area (Å²) in [6.07, 6.45) is 8.99. The minimum atomic E-state index is 0.0767. The number of aryl methyl sites for hydroxylation is 1. The van der Waals surface area contributed by atoms with E-state index in [0.717, 1.165) is 72.8 Å². The fourth-order valence-electron chi connectivity index (χ4n) is 4.18. The van der Waals surface area contributed by atoms with Gasteiger partial charge >= 0.3 is 0 Å². The first-order chi connectivity index (χ1) is 16.1. The molecule has 4 aromatic rings. The number of nitrogens with one attached hydrogen (secondary N) is 1. The number of H-pyrrole nitrogens is 1. The summed E-state index contributed by atoms with van der Waals surface area (Å²) in [4.78, 5) is 18.9. The number of aromatic hydroxyl groups is 1. The molecular formula is C24H27N7O2. The van der Waals surface area contributed by atoms with Crippen molar-refractivity contribution in [1.29, 1.82) is 0 Å². The van der Waals surface area contributed by atoms with Crippen molar-refractivity contribution in [1.82, 2.24) is 29.6 Å². The number of morpholine rings is 1. The van der Waals surface area contributed by atoms with Crippen LogP contribution < -0.4 is 0 Å². The van der Waals surface area contributed by atoms with Gasteiger partial charge in [-0.2, -0.15) is 5.10 Å². The molecule has 0 spiro atoms. The maximum absolute atomic E-state index is 10.6. The van der Waals surface area contributed by atoms with Crippen molar-refractivity contribution in [3.05, 3.63) is 54.2 Å². The fourth-order valence-corrected chi connectivity index (χ4v) is 4.18. The van der Waals surface area contributed by atoms with Crippen LogP contribution in [0.2, 0.25) is 0 Å². The van der Waals surface area contributed by atoms with Crippen molar-refractivity contribution in [2.75, 3.05) is 32.8 Å². The molecule has 0 saturated carbocycles. The second-order valence-corrected chi connectivity index (χ2v) is 8.27. The number of fused-ring (bicyclic) bond motifs is 1. The van der Waals surface area contributed by atoms with E-state index in [1.807, 2.05) is 43.1 Å². The summed E-state index contributed by atoms with van der Waals surface area (Å²) in [5.41, 5.74) is 5.72. The maximum Gasteiger partial charge on any atom is 0.198 e. The van der Waals surface area contributed by atoms with Crippen molar-refractivity contribution in [3.8, 4) is 17.1 Å². The molecular weight excluding hydrogens is 418 g/mol. The van der Waals surface area contributed by atoms with Crippen molar-refractivity contribution in [2.45, 2.75) is 20.4 Å². The number of aromatic amines is 1. The molecule has 0 bridgehead atoms. The number of hydrogen-bond donors (Lipinski definition) is 2. The first kappa shape index (κ1) is 21.3. The number of rotatable bonds is 6. The molecule has 5 heterocycles. The van der Waals surface area contributed by atoms with Crippen molar-refractivity contribution < 1.29 is 9.84 Å². The molecule has 1 fully saturated rings. The molecule has 9 nitrogen and oxygen atoms in total. The highest BCUT2D eigenvalue weighted by Crippen LogP contribution is 2.32. The number of aromatic nitrogens is 5. The summed E-state index contributed by atoms with van der Waals surface area (Å²) in [5.74, 6) is 0.0767. The Labute approximate surface area is 191 Å². The predicted octanol–water partition coefficient (Wildman–Crippen LogP) is 3.31. The van der Waals surface area contributed by atoms with Crippen molar-refractivity contribution >= 4 is 22.3 Å². The molecule has 0 atom stereocenters. The zero-order valence-corrected chi connectivity index (χ0v) is 18.8. The van der Waals surface area contributed by atoms with Crippen LogP contribution in [0, 0.1) is 6.92 Å². The third kappa shape index (κ3) is 4.50. The van der Waals surface area contributed by atoms with Crippen LogP contribution in [0.25, 0.3) is 22.2 Å². The molecule has 33 heavy (non-hydrogen) atoms. The van der Waals surface area contributed by atoms with Gasteiger partial charge in [0.05, 0.1) is 60.8 Å². The average molecular weight is 446 g/mol. The van der Waals surface area contributed by atoms with E-state index in [-0.39, 0.29) is 5.88 Å².